The van der Waals surface area contributed by atoms with E-state index in [2.05, 4.69) is 10.0 Å². The van der Waals surface area contributed by atoms with Crippen molar-refractivity contribution in [2.24, 2.45) is 0 Å². The van der Waals surface area contributed by atoms with Crippen LogP contribution in [-0.4, -0.2) is 20.9 Å². The van der Waals surface area contributed by atoms with E-state index in [0.717, 1.165) is 11.1 Å². The first-order valence-corrected chi connectivity index (χ1v) is 9.59. The van der Waals surface area contributed by atoms with E-state index in [0.29, 0.717) is 31.4 Å². The van der Waals surface area contributed by atoms with Crippen LogP contribution < -0.4 is 10.0 Å². The number of anilines is 1. The summed E-state index contributed by atoms with van der Waals surface area (Å²) < 4.78 is 40.3. The molecule has 7 heteroatoms. The molecule has 25 heavy (non-hydrogen) atoms. The largest absolute Gasteiger partial charge is 0.326 e. The van der Waals surface area contributed by atoms with Gasteiger partial charge in [0.15, 0.2) is 0 Å². The van der Waals surface area contributed by atoms with Crippen LogP contribution in [-0.2, 0) is 27.7 Å². The molecule has 0 saturated carbocycles. The van der Waals surface area contributed by atoms with Crippen LogP contribution >= 0.6 is 0 Å². The normalized spacial score (nSPS) is 14.5. The maximum absolute atomic E-state index is 12.9. The van der Waals surface area contributed by atoms with Gasteiger partial charge in [-0.1, -0.05) is 12.1 Å². The van der Waals surface area contributed by atoms with Crippen LogP contribution in [0.5, 0.6) is 0 Å². The summed E-state index contributed by atoms with van der Waals surface area (Å²) in [5, 5.41) is 2.79. The number of fused-ring (bicyclic) bond motifs is 1. The van der Waals surface area contributed by atoms with Gasteiger partial charge in [-0.25, -0.2) is 17.5 Å². The molecular weight excluding hydrogens is 343 g/mol. The van der Waals surface area contributed by atoms with E-state index in [4.69, 9.17) is 0 Å². The Labute approximate surface area is 146 Å². The predicted molar refractivity (Wildman–Crippen MR) is 93.3 cm³/mol. The molecule has 2 N–H and O–H groups in total. The standard InChI is InChI=1S/C18H19FN2O3S/c19-15-6-4-13(5-7-15)10-11-20-25(23,24)16-8-9-17-14(12-16)2-1-3-18(22)21-17/h4-9,12,20H,1-3,10-11H2,(H,21,22). The molecule has 0 saturated heterocycles. The average molecular weight is 362 g/mol. The summed E-state index contributed by atoms with van der Waals surface area (Å²) in [6, 6.07) is 10.7. The van der Waals surface area contributed by atoms with Gasteiger partial charge in [-0.05, 0) is 60.7 Å². The first-order chi connectivity index (χ1) is 11.9. The van der Waals surface area contributed by atoms with Crippen molar-refractivity contribution in [2.75, 3.05) is 11.9 Å². The van der Waals surface area contributed by atoms with Gasteiger partial charge in [-0.15, -0.1) is 0 Å². The summed E-state index contributed by atoms with van der Waals surface area (Å²) in [7, 11) is -3.63. The molecule has 0 radical (unpaired) electrons. The zero-order valence-electron chi connectivity index (χ0n) is 13.6. The molecule has 1 heterocycles. The smallest absolute Gasteiger partial charge is 0.240 e. The number of nitrogens with one attached hydrogen (secondary N) is 2. The SMILES string of the molecule is O=C1CCCc2cc(S(=O)(=O)NCCc3ccc(F)cc3)ccc2N1. The van der Waals surface area contributed by atoms with Crippen molar-refractivity contribution < 1.29 is 17.6 Å². The van der Waals surface area contributed by atoms with Crippen molar-refractivity contribution >= 4 is 21.6 Å². The molecule has 0 atom stereocenters. The highest BCUT2D eigenvalue weighted by Crippen LogP contribution is 2.25. The number of sulfonamides is 1. The second-order valence-electron chi connectivity index (χ2n) is 5.99. The minimum atomic E-state index is -3.63. The van der Waals surface area contributed by atoms with E-state index in [1.807, 2.05) is 0 Å². The quantitative estimate of drug-likeness (QED) is 0.859. The van der Waals surface area contributed by atoms with Gasteiger partial charge >= 0.3 is 0 Å². The van der Waals surface area contributed by atoms with Crippen molar-refractivity contribution in [3.05, 3.63) is 59.4 Å². The van der Waals surface area contributed by atoms with Crippen LogP contribution in [0.2, 0.25) is 0 Å². The molecule has 0 fully saturated rings. The molecule has 0 spiro atoms. The Bertz CT molecular complexity index is 880. The maximum atomic E-state index is 12.9. The zero-order valence-corrected chi connectivity index (χ0v) is 14.4. The molecule has 0 aliphatic carbocycles. The number of benzene rings is 2. The maximum Gasteiger partial charge on any atom is 0.240 e. The number of halogens is 1. The van der Waals surface area contributed by atoms with Gasteiger partial charge in [0.25, 0.3) is 0 Å². The van der Waals surface area contributed by atoms with E-state index >= 15 is 0 Å². The molecule has 1 amide bonds. The third-order valence-corrected chi connectivity index (χ3v) is 5.59. The number of rotatable bonds is 5. The lowest BCUT2D eigenvalue weighted by atomic mass is 10.1. The number of amides is 1. The van der Waals surface area contributed by atoms with Crippen molar-refractivity contribution in [3.63, 3.8) is 0 Å². The second kappa shape index (κ2) is 7.33. The molecule has 2 aromatic rings. The second-order valence-corrected chi connectivity index (χ2v) is 7.76. The fourth-order valence-corrected chi connectivity index (χ4v) is 3.86. The van der Waals surface area contributed by atoms with Crippen LogP contribution in [0.4, 0.5) is 10.1 Å². The Morgan fingerprint density at radius 2 is 1.84 bits per heavy atom. The predicted octanol–water partition coefficient (Wildman–Crippen LogP) is 2.62. The Balaban J connectivity index is 1.68. The third kappa shape index (κ3) is 4.43. The summed E-state index contributed by atoms with van der Waals surface area (Å²) in [6.07, 6.45) is 2.26. The summed E-state index contributed by atoms with van der Waals surface area (Å²) in [5.74, 6) is -0.367. The van der Waals surface area contributed by atoms with Crippen molar-refractivity contribution in [1.82, 2.24) is 4.72 Å². The van der Waals surface area contributed by atoms with Crippen molar-refractivity contribution in [3.8, 4) is 0 Å². The van der Waals surface area contributed by atoms with Gasteiger partial charge in [0.05, 0.1) is 4.90 Å². The minimum Gasteiger partial charge on any atom is -0.326 e. The van der Waals surface area contributed by atoms with Crippen LogP contribution in [0, 0.1) is 5.82 Å². The van der Waals surface area contributed by atoms with Gasteiger partial charge in [-0.3, -0.25) is 4.79 Å². The molecular formula is C18H19FN2O3S. The molecule has 2 aromatic carbocycles. The van der Waals surface area contributed by atoms with Gasteiger partial charge in [0.1, 0.15) is 5.82 Å². The first kappa shape index (κ1) is 17.6. The highest BCUT2D eigenvalue weighted by Gasteiger charge is 2.18. The van der Waals surface area contributed by atoms with Crippen LogP contribution in [0.15, 0.2) is 47.4 Å². The Kier molecular flexibility index (Phi) is 5.15. The minimum absolute atomic E-state index is 0.0493. The van der Waals surface area contributed by atoms with Crippen LogP contribution in [0.3, 0.4) is 0 Å². The number of hydrogen-bond donors (Lipinski definition) is 2. The molecule has 1 aliphatic heterocycles. The van der Waals surface area contributed by atoms with E-state index in [-0.39, 0.29) is 23.2 Å². The van der Waals surface area contributed by atoms with Gasteiger partial charge in [0, 0.05) is 18.7 Å². The Morgan fingerprint density at radius 3 is 2.60 bits per heavy atom. The lowest BCUT2D eigenvalue weighted by molar-refractivity contribution is -0.116. The molecule has 0 unspecified atom stereocenters. The number of hydrogen-bond acceptors (Lipinski definition) is 3. The lowest BCUT2D eigenvalue weighted by Crippen LogP contribution is -2.26. The molecule has 3 rings (SSSR count). The van der Waals surface area contributed by atoms with E-state index in [1.165, 1.54) is 18.2 Å². The highest BCUT2D eigenvalue weighted by atomic mass is 32.2. The highest BCUT2D eigenvalue weighted by molar-refractivity contribution is 7.89. The monoisotopic (exact) mass is 362 g/mol. The number of aryl methyl sites for hydroxylation is 1. The van der Waals surface area contributed by atoms with E-state index in [9.17, 15) is 17.6 Å². The summed E-state index contributed by atoms with van der Waals surface area (Å²) in [5.41, 5.74) is 2.36. The Morgan fingerprint density at radius 1 is 1.08 bits per heavy atom. The number of carbonyl (C=O) groups is 1. The van der Waals surface area contributed by atoms with Crippen LogP contribution in [0.1, 0.15) is 24.0 Å². The lowest BCUT2D eigenvalue weighted by Gasteiger charge is -2.11. The summed E-state index contributed by atoms with van der Waals surface area (Å²) in [6.45, 7) is 0.224. The topological polar surface area (TPSA) is 75.3 Å². The van der Waals surface area contributed by atoms with E-state index < -0.39 is 10.0 Å². The van der Waals surface area contributed by atoms with Crippen LogP contribution in [0.25, 0.3) is 0 Å². The summed E-state index contributed by atoms with van der Waals surface area (Å²) in [4.78, 5) is 11.7. The molecule has 132 valence electrons. The molecule has 5 nitrogen and oxygen atoms in total. The average Bonchev–Trinajstić information content (AvgIpc) is 2.76. The Hall–Kier alpha value is -2.25. The van der Waals surface area contributed by atoms with Gasteiger partial charge in [-0.2, -0.15) is 0 Å². The number of carbonyl (C=O) groups excluding carboxylic acids is 1. The molecule has 0 aromatic heterocycles. The fourth-order valence-electron chi connectivity index (χ4n) is 2.78. The van der Waals surface area contributed by atoms with Gasteiger partial charge < -0.3 is 5.32 Å². The van der Waals surface area contributed by atoms with Crippen molar-refractivity contribution in [2.45, 2.75) is 30.6 Å². The fraction of sp³-hybridized carbons (Fsp3) is 0.278. The summed E-state index contributed by atoms with van der Waals surface area (Å²) >= 11 is 0. The third-order valence-electron chi connectivity index (χ3n) is 4.13. The van der Waals surface area contributed by atoms with E-state index in [1.54, 1.807) is 24.3 Å². The molecule has 1 aliphatic rings. The first-order valence-electron chi connectivity index (χ1n) is 8.11. The van der Waals surface area contributed by atoms with Gasteiger partial charge in [0.2, 0.25) is 15.9 Å². The molecule has 0 bridgehead atoms. The zero-order chi connectivity index (χ0) is 17.9. The van der Waals surface area contributed by atoms with Crippen molar-refractivity contribution in [1.29, 1.82) is 0 Å².